The molecule has 2 aliphatic carbocycles. The topological polar surface area (TPSA) is 122 Å². The Balaban J connectivity index is 1.24. The molecule has 4 aromatic rings. The fourth-order valence-electron chi connectivity index (χ4n) is 5.49. The number of nitrogens with one attached hydrogen (secondary N) is 1. The van der Waals surface area contributed by atoms with Crippen molar-refractivity contribution < 1.29 is 14.3 Å². The van der Waals surface area contributed by atoms with Gasteiger partial charge >= 0.3 is 0 Å². The lowest BCUT2D eigenvalue weighted by molar-refractivity contribution is -0.118. The van der Waals surface area contributed by atoms with E-state index in [0.29, 0.717) is 50.7 Å². The van der Waals surface area contributed by atoms with Crippen LogP contribution in [0.2, 0.25) is 5.02 Å². The number of hydrogen-bond donors (Lipinski definition) is 2. The third kappa shape index (κ3) is 5.99. The molecule has 0 bridgehead atoms. The van der Waals surface area contributed by atoms with Crippen molar-refractivity contribution in [3.05, 3.63) is 76.5 Å². The van der Waals surface area contributed by atoms with Crippen LogP contribution in [0.4, 0.5) is 5.82 Å². The summed E-state index contributed by atoms with van der Waals surface area (Å²) < 4.78 is 13.7. The number of carbonyl (C=O) groups is 1. The molecule has 2 aromatic heterocycles. The number of methoxy groups -OCH3 is 1. The van der Waals surface area contributed by atoms with Gasteiger partial charge in [-0.15, -0.1) is 0 Å². The maximum Gasteiger partial charge on any atom is 0.250 e. The van der Waals surface area contributed by atoms with Gasteiger partial charge in [0.2, 0.25) is 11.6 Å². The average Bonchev–Trinajstić information content (AvgIpc) is 3.75. The van der Waals surface area contributed by atoms with Gasteiger partial charge in [-0.3, -0.25) is 4.79 Å². The van der Waals surface area contributed by atoms with Crippen molar-refractivity contribution >= 4 is 34.4 Å². The highest BCUT2D eigenvalue weighted by Crippen LogP contribution is 2.40. The van der Waals surface area contributed by atoms with E-state index >= 15 is 0 Å². The Kier molecular flexibility index (Phi) is 7.91. The Morgan fingerprint density at radius 3 is 2.60 bits per heavy atom. The largest absolute Gasteiger partial charge is 0.493 e. The molecular formula is C32H32ClN7O3. The second kappa shape index (κ2) is 11.9. The number of anilines is 1. The number of allylic oxidation sites excluding steroid dienone is 1. The number of amides is 1. The maximum atomic E-state index is 12.7. The van der Waals surface area contributed by atoms with Gasteiger partial charge in [0.25, 0.3) is 0 Å². The summed E-state index contributed by atoms with van der Waals surface area (Å²) in [5.41, 5.74) is 9.64. The van der Waals surface area contributed by atoms with E-state index in [0.717, 1.165) is 49.7 Å². The highest BCUT2D eigenvalue weighted by molar-refractivity contribution is 6.31. The van der Waals surface area contributed by atoms with E-state index in [4.69, 9.17) is 38.5 Å². The first-order valence-corrected chi connectivity index (χ1v) is 14.7. The molecule has 2 fully saturated rings. The van der Waals surface area contributed by atoms with Crippen LogP contribution < -0.4 is 20.5 Å². The lowest BCUT2D eigenvalue weighted by Gasteiger charge is -2.29. The minimum Gasteiger partial charge on any atom is -0.493 e. The number of nitrogens with two attached hydrogens (primary N) is 1. The van der Waals surface area contributed by atoms with Crippen LogP contribution in [0.1, 0.15) is 50.1 Å². The molecule has 2 saturated carbocycles. The highest BCUT2D eigenvalue weighted by atomic mass is 35.5. The summed E-state index contributed by atoms with van der Waals surface area (Å²) in [4.78, 5) is 24.9. The Morgan fingerprint density at radius 2 is 1.91 bits per heavy atom. The molecule has 6 rings (SSSR count). The Bertz CT molecular complexity index is 1760. The number of ether oxygens (including phenoxy) is 2. The zero-order valence-electron chi connectivity index (χ0n) is 24.0. The lowest BCUT2D eigenvalue weighted by atomic mass is 9.91. The number of fused-ring (bicyclic) bond motifs is 1. The molecule has 43 heavy (non-hydrogen) atoms. The minimum atomic E-state index is -0.274. The molecule has 0 atom stereocenters. The second-order valence-electron chi connectivity index (χ2n) is 11.1. The number of aromatic nitrogens is 4. The lowest BCUT2D eigenvalue weighted by Crippen LogP contribution is -2.38. The minimum absolute atomic E-state index is 0.00862. The fraction of sp³-hybridized carbons (Fsp3) is 0.344. The smallest absolute Gasteiger partial charge is 0.250 e. The van der Waals surface area contributed by atoms with Gasteiger partial charge in [0.15, 0.2) is 17.1 Å². The molecule has 1 amide bonds. The summed E-state index contributed by atoms with van der Waals surface area (Å²) in [5.74, 6) is 2.11. The van der Waals surface area contributed by atoms with E-state index in [1.165, 1.54) is 6.33 Å². The molecule has 3 N–H and O–H groups in total. The highest BCUT2D eigenvalue weighted by Gasteiger charge is 2.29. The van der Waals surface area contributed by atoms with Crippen LogP contribution in [0, 0.1) is 19.4 Å². The van der Waals surface area contributed by atoms with Crippen LogP contribution in [0.25, 0.3) is 27.1 Å². The van der Waals surface area contributed by atoms with Gasteiger partial charge in [-0.1, -0.05) is 23.7 Å². The fourth-order valence-corrected chi connectivity index (χ4v) is 5.66. The average molecular weight is 598 g/mol. The summed E-state index contributed by atoms with van der Waals surface area (Å²) in [6, 6.07) is 11.2. The molecule has 0 spiro atoms. The number of carbonyl (C=O) groups excluding carboxylic acids is 1. The predicted molar refractivity (Wildman–Crippen MR) is 165 cm³/mol. The van der Waals surface area contributed by atoms with Crippen molar-refractivity contribution in [1.29, 1.82) is 0 Å². The van der Waals surface area contributed by atoms with E-state index in [2.05, 4.69) is 20.1 Å². The number of hydrogen-bond acceptors (Lipinski definition) is 7. The molecule has 220 valence electrons. The standard InChI is InChI=1S/C32H32ClN7O3/c1-18-4-12-23(16-24(18)33)43-26-13-7-20(15-27(26)42-3)29-28-30(34)36-17-37-31(28)40(39-29)22-10-8-21(9-11-22)38-32(41)25(35-2)14-19-5-6-19/h4,7,12-17,19,21-22H,5-6,8-11H2,1,3H3,(H,38,41)(H2,34,36,37)/b25-14-. The Labute approximate surface area is 254 Å². The SMILES string of the molecule is [C-]#[N+]/C(=C\C1CC1)C(=O)NC1CCC(n2nc(-c3ccc(Oc4ccc(C)c(Cl)c4)c(OC)c3)c3c(N)ncnc32)CC1. The van der Waals surface area contributed by atoms with Crippen molar-refractivity contribution in [1.82, 2.24) is 25.1 Å². The number of nitrogens with zero attached hydrogens (tertiary/aromatic N) is 5. The first kappa shape index (κ1) is 28.5. The van der Waals surface area contributed by atoms with Crippen LogP contribution in [-0.2, 0) is 4.79 Å². The van der Waals surface area contributed by atoms with E-state index in [9.17, 15) is 4.79 Å². The monoisotopic (exact) mass is 597 g/mol. The molecule has 2 heterocycles. The van der Waals surface area contributed by atoms with E-state index < -0.39 is 0 Å². The number of nitrogen functional groups attached to an aromatic ring is 1. The molecule has 0 unspecified atom stereocenters. The van der Waals surface area contributed by atoms with Gasteiger partial charge in [0.1, 0.15) is 23.6 Å². The summed E-state index contributed by atoms with van der Waals surface area (Å²) in [7, 11) is 1.59. The van der Waals surface area contributed by atoms with Crippen LogP contribution in [0.5, 0.6) is 17.2 Å². The molecule has 0 saturated heterocycles. The predicted octanol–water partition coefficient (Wildman–Crippen LogP) is 6.65. The molecule has 2 aromatic carbocycles. The first-order chi connectivity index (χ1) is 20.8. The van der Waals surface area contributed by atoms with E-state index in [1.807, 2.05) is 41.9 Å². The second-order valence-corrected chi connectivity index (χ2v) is 11.5. The zero-order valence-corrected chi connectivity index (χ0v) is 24.8. The van der Waals surface area contributed by atoms with Gasteiger partial charge in [-0.25, -0.2) is 19.5 Å². The Hall–Kier alpha value is -4.62. The third-order valence-corrected chi connectivity index (χ3v) is 8.48. The molecule has 2 aliphatic rings. The Morgan fingerprint density at radius 1 is 1.12 bits per heavy atom. The van der Waals surface area contributed by atoms with Gasteiger partial charge < -0.3 is 20.5 Å². The third-order valence-electron chi connectivity index (χ3n) is 8.07. The molecule has 10 nitrogen and oxygen atoms in total. The van der Waals surface area contributed by atoms with Crippen molar-refractivity contribution in [2.75, 3.05) is 12.8 Å². The summed E-state index contributed by atoms with van der Waals surface area (Å²) in [6.07, 6.45) is 8.49. The maximum absolute atomic E-state index is 12.7. The van der Waals surface area contributed by atoms with E-state index in [1.54, 1.807) is 19.3 Å². The van der Waals surface area contributed by atoms with Gasteiger partial charge in [0, 0.05) is 16.6 Å². The molecular weight excluding hydrogens is 566 g/mol. The first-order valence-electron chi connectivity index (χ1n) is 14.4. The summed E-state index contributed by atoms with van der Waals surface area (Å²) in [5, 5.41) is 9.36. The number of halogens is 1. The zero-order chi connectivity index (χ0) is 30.1. The van der Waals surface area contributed by atoms with Crippen molar-refractivity contribution in [3.63, 3.8) is 0 Å². The van der Waals surface area contributed by atoms with Crippen LogP contribution in [0.15, 0.2) is 54.5 Å². The van der Waals surface area contributed by atoms with Crippen LogP contribution in [0.3, 0.4) is 0 Å². The van der Waals surface area contributed by atoms with Crippen molar-refractivity contribution in [2.45, 2.75) is 57.5 Å². The number of aryl methyl sites for hydroxylation is 1. The normalized spacial score (nSPS) is 18.7. The van der Waals surface area contributed by atoms with Gasteiger partial charge in [-0.2, -0.15) is 5.10 Å². The molecule has 0 aliphatic heterocycles. The van der Waals surface area contributed by atoms with Crippen molar-refractivity contribution in [2.24, 2.45) is 5.92 Å². The van der Waals surface area contributed by atoms with Crippen LogP contribution in [-0.4, -0.2) is 38.8 Å². The summed E-state index contributed by atoms with van der Waals surface area (Å²) >= 11 is 6.29. The van der Waals surface area contributed by atoms with E-state index in [-0.39, 0.29) is 23.7 Å². The van der Waals surface area contributed by atoms with Gasteiger partial charge in [0.05, 0.1) is 25.1 Å². The molecule has 0 radical (unpaired) electrons. The van der Waals surface area contributed by atoms with Crippen LogP contribution >= 0.6 is 11.6 Å². The molecule has 11 heteroatoms. The van der Waals surface area contributed by atoms with Crippen molar-refractivity contribution in [3.8, 4) is 28.5 Å². The summed E-state index contributed by atoms with van der Waals surface area (Å²) in [6.45, 7) is 9.32. The quantitative estimate of drug-likeness (QED) is 0.172. The number of benzene rings is 2. The number of rotatable bonds is 8. The van der Waals surface area contributed by atoms with Gasteiger partial charge in [-0.05, 0) is 87.3 Å².